The molecule has 0 aliphatic carbocycles. The first kappa shape index (κ1) is 17.7. The largest absolute Gasteiger partial charge is 0.504 e. The lowest BCUT2D eigenvalue weighted by molar-refractivity contribution is 0.0528. The number of fused-ring (bicyclic) bond motifs is 1. The third-order valence-electron chi connectivity index (χ3n) is 3.60. The number of carbonyl (C=O) groups excluding carboxylic acids is 2. The van der Waals surface area contributed by atoms with Gasteiger partial charge in [0.2, 0.25) is 5.55 Å². The minimum absolute atomic E-state index is 0.0102. The Bertz CT molecular complexity index is 1070. The van der Waals surface area contributed by atoms with E-state index >= 15 is 0 Å². The minimum atomic E-state index is -0.587. The molecule has 1 aromatic carbocycles. The third-order valence-corrected chi connectivity index (χ3v) is 4.56. The molecule has 7 nitrogen and oxygen atoms in total. The van der Waals surface area contributed by atoms with Crippen LogP contribution in [-0.4, -0.2) is 23.6 Å². The number of hydrogen-bond acceptors (Lipinski definition) is 7. The van der Waals surface area contributed by atoms with E-state index in [1.54, 1.807) is 25.1 Å². The van der Waals surface area contributed by atoms with E-state index in [9.17, 15) is 14.7 Å². The second kappa shape index (κ2) is 7.01. The highest BCUT2D eigenvalue weighted by Gasteiger charge is 2.20. The first-order chi connectivity index (χ1) is 12.4. The molecule has 3 aromatic rings. The lowest BCUT2D eigenvalue weighted by Gasteiger charge is -2.07. The average Bonchev–Trinajstić information content (AvgIpc) is 2.96. The van der Waals surface area contributed by atoms with Crippen LogP contribution < -0.4 is 10.9 Å². The second-order valence-corrected chi connectivity index (χ2v) is 6.72. The van der Waals surface area contributed by atoms with E-state index in [0.29, 0.717) is 10.4 Å². The molecule has 0 bridgehead atoms. The van der Waals surface area contributed by atoms with E-state index in [1.165, 1.54) is 23.5 Å². The van der Waals surface area contributed by atoms with Gasteiger partial charge in [-0.05, 0) is 32.0 Å². The van der Waals surface area contributed by atoms with Crippen LogP contribution in [0.25, 0.3) is 11.0 Å². The molecule has 3 rings (SSSR count). The van der Waals surface area contributed by atoms with Gasteiger partial charge in [-0.3, -0.25) is 10.2 Å². The van der Waals surface area contributed by atoms with Gasteiger partial charge in [0.1, 0.15) is 10.6 Å². The Labute approximate surface area is 152 Å². The zero-order valence-electron chi connectivity index (χ0n) is 14.1. The van der Waals surface area contributed by atoms with E-state index in [1.807, 2.05) is 6.92 Å². The number of hydrogen-bond donors (Lipinski definition) is 3. The fourth-order valence-corrected chi connectivity index (χ4v) is 3.35. The van der Waals surface area contributed by atoms with Crippen LogP contribution in [0.1, 0.15) is 32.5 Å². The van der Waals surface area contributed by atoms with Crippen LogP contribution in [0.2, 0.25) is 0 Å². The van der Waals surface area contributed by atoms with Gasteiger partial charge in [-0.15, -0.1) is 11.3 Å². The molecule has 0 unspecified atom stereocenters. The number of esters is 1. The quantitative estimate of drug-likeness (QED) is 0.608. The maximum absolute atomic E-state index is 12.6. The van der Waals surface area contributed by atoms with Gasteiger partial charge in [0.05, 0.1) is 12.2 Å². The fraction of sp³-hybridized carbons (Fsp3) is 0.167. The third kappa shape index (κ3) is 3.31. The molecule has 0 spiro atoms. The summed E-state index contributed by atoms with van der Waals surface area (Å²) >= 11 is 1.24. The number of phenolic OH excluding ortho intramolecular Hbond substituents is 1. The minimum Gasteiger partial charge on any atom is -0.504 e. The van der Waals surface area contributed by atoms with Crippen molar-refractivity contribution in [2.45, 2.75) is 13.8 Å². The van der Waals surface area contributed by atoms with Crippen molar-refractivity contribution in [1.82, 2.24) is 0 Å². The molecule has 0 radical (unpaired) electrons. The van der Waals surface area contributed by atoms with Gasteiger partial charge in [0.15, 0.2) is 11.3 Å². The van der Waals surface area contributed by atoms with E-state index in [4.69, 9.17) is 14.6 Å². The zero-order chi connectivity index (χ0) is 18.8. The number of rotatable bonds is 4. The molecule has 0 atom stereocenters. The number of aromatic hydroxyl groups is 1. The molecule has 2 aromatic heterocycles. The van der Waals surface area contributed by atoms with Crippen molar-refractivity contribution in [3.05, 3.63) is 51.9 Å². The second-order valence-electron chi connectivity index (χ2n) is 5.46. The van der Waals surface area contributed by atoms with E-state index in [0.717, 1.165) is 4.88 Å². The van der Waals surface area contributed by atoms with Gasteiger partial charge < -0.3 is 19.6 Å². The molecule has 0 aliphatic heterocycles. The first-order valence-electron chi connectivity index (χ1n) is 7.80. The monoisotopic (exact) mass is 372 g/mol. The maximum Gasteiger partial charge on any atom is 0.341 e. The summed E-state index contributed by atoms with van der Waals surface area (Å²) in [6.07, 6.45) is 0. The lowest BCUT2D eigenvalue weighted by atomic mass is 10.1. The normalized spacial score (nSPS) is 10.7. The predicted octanol–water partition coefficient (Wildman–Crippen LogP) is 3.42. The van der Waals surface area contributed by atoms with Crippen molar-refractivity contribution in [2.75, 3.05) is 11.9 Å². The zero-order valence-corrected chi connectivity index (χ0v) is 14.9. The van der Waals surface area contributed by atoms with Crippen LogP contribution in [0.5, 0.6) is 5.75 Å². The average molecular weight is 372 g/mol. The molecule has 1 amide bonds. The molecule has 0 saturated carbocycles. The van der Waals surface area contributed by atoms with Crippen molar-refractivity contribution in [2.24, 2.45) is 0 Å². The Morgan fingerprint density at radius 1 is 1.31 bits per heavy atom. The Balaban J connectivity index is 1.97. The Kier molecular flexibility index (Phi) is 4.77. The maximum atomic E-state index is 12.6. The molecule has 26 heavy (non-hydrogen) atoms. The molecular formula is C18H16N2O5S. The molecular weight excluding hydrogens is 356 g/mol. The van der Waals surface area contributed by atoms with Gasteiger partial charge in [-0.1, -0.05) is 12.1 Å². The molecule has 3 N–H and O–H groups in total. The van der Waals surface area contributed by atoms with Crippen LogP contribution in [-0.2, 0) is 4.74 Å². The smallest absolute Gasteiger partial charge is 0.341 e. The summed E-state index contributed by atoms with van der Waals surface area (Å²) in [5.74, 6) is -1.22. The summed E-state index contributed by atoms with van der Waals surface area (Å²) in [4.78, 5) is 25.5. The molecule has 0 fully saturated rings. The number of ether oxygens (including phenoxy) is 1. The summed E-state index contributed by atoms with van der Waals surface area (Å²) in [7, 11) is 0. The SMILES string of the molecule is CCOC(=O)c1cc(C)sc1NC(=O)c1cc2cccc(O)c2oc1=N. The Morgan fingerprint density at radius 3 is 2.81 bits per heavy atom. The molecule has 0 saturated heterocycles. The standard InChI is InChI=1S/C18H16N2O5S/c1-3-24-18(23)12-7-9(2)26-17(12)20-16(22)11-8-10-5-4-6-13(21)14(10)25-15(11)19/h4-8,19,21H,3H2,1-2H3,(H,20,22). The lowest BCUT2D eigenvalue weighted by Crippen LogP contribution is -2.21. The molecule has 8 heteroatoms. The summed E-state index contributed by atoms with van der Waals surface area (Å²) in [5.41, 5.74) is 0.00394. The number of aryl methyl sites for hydroxylation is 1. The van der Waals surface area contributed by atoms with Crippen LogP contribution in [0.4, 0.5) is 5.00 Å². The Hall–Kier alpha value is -3.13. The van der Waals surface area contributed by atoms with E-state index in [2.05, 4.69) is 5.32 Å². The number of para-hydroxylation sites is 1. The summed E-state index contributed by atoms with van der Waals surface area (Å²) in [6.45, 7) is 3.74. The van der Waals surface area contributed by atoms with Gasteiger partial charge >= 0.3 is 5.97 Å². The highest BCUT2D eigenvalue weighted by Crippen LogP contribution is 2.29. The van der Waals surface area contributed by atoms with Gasteiger partial charge in [0.25, 0.3) is 5.91 Å². The molecule has 134 valence electrons. The van der Waals surface area contributed by atoms with Crippen LogP contribution in [0.15, 0.2) is 34.7 Å². The topological polar surface area (TPSA) is 113 Å². The van der Waals surface area contributed by atoms with Crippen LogP contribution in [0, 0.1) is 12.3 Å². The van der Waals surface area contributed by atoms with Gasteiger partial charge in [0, 0.05) is 10.3 Å². The summed E-state index contributed by atoms with van der Waals surface area (Å²) < 4.78 is 10.3. The molecule has 2 heterocycles. The number of phenols is 1. The van der Waals surface area contributed by atoms with E-state index < -0.39 is 11.9 Å². The number of nitrogens with one attached hydrogen (secondary N) is 2. The summed E-state index contributed by atoms with van der Waals surface area (Å²) in [5, 5.41) is 21.2. The Morgan fingerprint density at radius 2 is 2.08 bits per heavy atom. The highest BCUT2D eigenvalue weighted by molar-refractivity contribution is 7.16. The fourth-order valence-electron chi connectivity index (χ4n) is 2.45. The van der Waals surface area contributed by atoms with Crippen LogP contribution >= 0.6 is 11.3 Å². The number of amides is 1. The van der Waals surface area contributed by atoms with Gasteiger partial charge in [-0.25, -0.2) is 4.79 Å². The number of carbonyl (C=O) groups is 2. The van der Waals surface area contributed by atoms with Crippen LogP contribution in [0.3, 0.4) is 0 Å². The molecule has 0 aliphatic rings. The number of anilines is 1. The number of thiophene rings is 1. The highest BCUT2D eigenvalue weighted by atomic mass is 32.1. The van der Waals surface area contributed by atoms with Gasteiger partial charge in [-0.2, -0.15) is 0 Å². The van der Waals surface area contributed by atoms with Crippen molar-refractivity contribution in [3.8, 4) is 5.75 Å². The predicted molar refractivity (Wildman–Crippen MR) is 96.7 cm³/mol. The first-order valence-corrected chi connectivity index (χ1v) is 8.61. The van der Waals surface area contributed by atoms with Crippen molar-refractivity contribution in [3.63, 3.8) is 0 Å². The summed E-state index contributed by atoms with van der Waals surface area (Å²) in [6, 6.07) is 7.81. The van der Waals surface area contributed by atoms with Crippen molar-refractivity contribution < 1.29 is 23.8 Å². The van der Waals surface area contributed by atoms with Crippen molar-refractivity contribution >= 4 is 39.2 Å². The van der Waals surface area contributed by atoms with Crippen molar-refractivity contribution in [1.29, 1.82) is 5.41 Å². The van der Waals surface area contributed by atoms with E-state index in [-0.39, 0.29) is 34.6 Å². The number of benzene rings is 1.